The van der Waals surface area contributed by atoms with Gasteiger partial charge in [0.2, 0.25) is 0 Å². The quantitative estimate of drug-likeness (QED) is 0.443. The van der Waals surface area contributed by atoms with Gasteiger partial charge < -0.3 is 10.2 Å². The standard InChI is InChI=1S/C30H48O3/c1-18-19(25(32)33)10-13-27(4)16-17-29(6)20(24(18)27)8-9-22-28(5)14-12-23(31)26(2,3)21(28)11-15-30(22,29)7/h10,18,20-24,31H,8-9,11-17H2,1-7H3,(H,32,33). The number of carbonyl (C=O) groups is 1. The molecule has 0 aromatic rings. The summed E-state index contributed by atoms with van der Waals surface area (Å²) in [7, 11) is 0. The number of fused-ring (bicyclic) bond motifs is 7. The van der Waals surface area contributed by atoms with Gasteiger partial charge in [-0.05, 0) is 114 Å². The van der Waals surface area contributed by atoms with Crippen LogP contribution in [0.25, 0.3) is 0 Å². The first kappa shape index (κ1) is 23.9. The van der Waals surface area contributed by atoms with Gasteiger partial charge in [-0.1, -0.05) is 54.5 Å². The van der Waals surface area contributed by atoms with Crippen molar-refractivity contribution in [2.24, 2.45) is 56.7 Å². The molecule has 0 heterocycles. The number of aliphatic hydroxyl groups is 1. The fourth-order valence-electron chi connectivity index (χ4n) is 11.4. The van der Waals surface area contributed by atoms with E-state index >= 15 is 0 Å². The number of rotatable bonds is 1. The number of allylic oxidation sites excluding steroid dienone is 1. The molecule has 2 N–H and O–H groups in total. The zero-order valence-electron chi connectivity index (χ0n) is 22.2. The first-order chi connectivity index (χ1) is 15.2. The third-order valence-corrected chi connectivity index (χ3v) is 13.4. The van der Waals surface area contributed by atoms with E-state index in [1.54, 1.807) is 0 Å². The van der Waals surface area contributed by atoms with E-state index in [9.17, 15) is 15.0 Å². The van der Waals surface area contributed by atoms with Crippen molar-refractivity contribution in [1.29, 1.82) is 0 Å². The maximum absolute atomic E-state index is 12.1. The van der Waals surface area contributed by atoms with Gasteiger partial charge in [0.05, 0.1) is 6.10 Å². The van der Waals surface area contributed by atoms with Crippen LogP contribution in [0, 0.1) is 56.7 Å². The van der Waals surface area contributed by atoms with E-state index < -0.39 is 5.97 Å². The summed E-state index contributed by atoms with van der Waals surface area (Å²) in [5.41, 5.74) is 1.77. The van der Waals surface area contributed by atoms with Crippen molar-refractivity contribution in [2.45, 2.75) is 112 Å². The van der Waals surface area contributed by atoms with Crippen molar-refractivity contribution < 1.29 is 15.0 Å². The van der Waals surface area contributed by atoms with Crippen molar-refractivity contribution in [3.8, 4) is 0 Å². The second kappa shape index (κ2) is 7.11. The largest absolute Gasteiger partial charge is 0.478 e. The van der Waals surface area contributed by atoms with Crippen LogP contribution in [0.2, 0.25) is 0 Å². The number of carboxylic acid groups (broad SMARTS) is 1. The van der Waals surface area contributed by atoms with Crippen molar-refractivity contribution >= 4 is 5.97 Å². The van der Waals surface area contributed by atoms with Crippen LogP contribution in [0.5, 0.6) is 0 Å². The highest BCUT2D eigenvalue weighted by atomic mass is 16.4. The Hall–Kier alpha value is -0.830. The molecule has 0 bridgehead atoms. The third-order valence-electron chi connectivity index (χ3n) is 13.4. The van der Waals surface area contributed by atoms with Crippen molar-refractivity contribution in [2.75, 3.05) is 0 Å². The number of aliphatic hydroxyl groups excluding tert-OH is 1. The summed E-state index contributed by atoms with van der Waals surface area (Å²) in [6.07, 6.45) is 12.5. The maximum atomic E-state index is 12.1. The highest BCUT2D eigenvalue weighted by molar-refractivity contribution is 5.87. The molecular weight excluding hydrogens is 408 g/mol. The summed E-state index contributed by atoms with van der Waals surface area (Å²) in [4.78, 5) is 12.1. The van der Waals surface area contributed by atoms with E-state index in [2.05, 4.69) is 54.5 Å². The van der Waals surface area contributed by atoms with Crippen LogP contribution in [0.4, 0.5) is 0 Å². The Bertz CT molecular complexity index is 874. The molecule has 33 heavy (non-hydrogen) atoms. The lowest BCUT2D eigenvalue weighted by Crippen LogP contribution is -2.67. The molecule has 5 aliphatic rings. The lowest BCUT2D eigenvalue weighted by molar-refractivity contribution is -0.250. The molecule has 0 radical (unpaired) electrons. The predicted molar refractivity (Wildman–Crippen MR) is 133 cm³/mol. The van der Waals surface area contributed by atoms with Gasteiger partial charge in [0.15, 0.2) is 0 Å². The van der Waals surface area contributed by atoms with E-state index in [-0.39, 0.29) is 28.3 Å². The molecular formula is C30H48O3. The van der Waals surface area contributed by atoms with Gasteiger partial charge >= 0.3 is 5.97 Å². The Morgan fingerprint density at radius 2 is 1.58 bits per heavy atom. The van der Waals surface area contributed by atoms with E-state index in [0.717, 1.165) is 19.3 Å². The van der Waals surface area contributed by atoms with Gasteiger partial charge in [-0.15, -0.1) is 0 Å². The molecule has 0 aromatic heterocycles. The summed E-state index contributed by atoms with van der Waals surface area (Å²) in [5, 5.41) is 20.8. The summed E-state index contributed by atoms with van der Waals surface area (Å²) in [5.74, 6) is 1.82. The van der Waals surface area contributed by atoms with Gasteiger partial charge in [0.25, 0.3) is 0 Å². The molecule has 186 valence electrons. The molecule has 0 aromatic carbocycles. The zero-order chi connectivity index (χ0) is 24.2. The summed E-state index contributed by atoms with van der Waals surface area (Å²) < 4.78 is 0. The van der Waals surface area contributed by atoms with E-state index in [4.69, 9.17) is 0 Å². The molecule has 0 spiro atoms. The molecule has 0 saturated heterocycles. The first-order valence-electron chi connectivity index (χ1n) is 13.8. The van der Waals surface area contributed by atoms with Crippen LogP contribution in [0.3, 0.4) is 0 Å². The van der Waals surface area contributed by atoms with Gasteiger partial charge in [0, 0.05) is 5.57 Å². The topological polar surface area (TPSA) is 57.5 Å². The molecule has 4 fully saturated rings. The Labute approximate surface area is 201 Å². The fraction of sp³-hybridized carbons (Fsp3) is 0.900. The predicted octanol–water partition coefficient (Wildman–Crippen LogP) is 7.09. The molecule has 10 atom stereocenters. The van der Waals surface area contributed by atoms with Crippen LogP contribution in [-0.4, -0.2) is 22.3 Å². The molecule has 5 aliphatic carbocycles. The smallest absolute Gasteiger partial charge is 0.331 e. The van der Waals surface area contributed by atoms with Gasteiger partial charge in [-0.25, -0.2) is 4.79 Å². The normalized spacial score (nSPS) is 55.3. The van der Waals surface area contributed by atoms with E-state index in [1.165, 1.54) is 38.5 Å². The Balaban J connectivity index is 1.54. The fourth-order valence-corrected chi connectivity index (χ4v) is 11.4. The first-order valence-corrected chi connectivity index (χ1v) is 13.8. The second-order valence-electron chi connectivity index (χ2n) is 14.7. The summed E-state index contributed by atoms with van der Waals surface area (Å²) in [6, 6.07) is 0. The van der Waals surface area contributed by atoms with Crippen molar-refractivity contribution in [3.05, 3.63) is 11.6 Å². The SMILES string of the molecule is CC1C(C(=O)O)=CCC2(C)CCC3(C)C(CCC4C5(C)CCC(O)C(C)(C)C5CCC43C)C12. The number of hydrogen-bond acceptors (Lipinski definition) is 2. The minimum Gasteiger partial charge on any atom is -0.478 e. The number of aliphatic carboxylic acids is 1. The van der Waals surface area contributed by atoms with E-state index in [0.29, 0.717) is 40.1 Å². The minimum absolute atomic E-state index is 0.00368. The highest BCUT2D eigenvalue weighted by Crippen LogP contribution is 2.76. The van der Waals surface area contributed by atoms with E-state index in [1.807, 2.05) is 0 Å². The lowest BCUT2D eigenvalue weighted by atomic mass is 9.31. The Morgan fingerprint density at radius 1 is 0.879 bits per heavy atom. The van der Waals surface area contributed by atoms with Gasteiger partial charge in [-0.3, -0.25) is 0 Å². The third kappa shape index (κ3) is 2.87. The molecule has 3 nitrogen and oxygen atoms in total. The van der Waals surface area contributed by atoms with Crippen LogP contribution in [0.1, 0.15) is 106 Å². The molecule has 5 rings (SSSR count). The van der Waals surface area contributed by atoms with Gasteiger partial charge in [-0.2, -0.15) is 0 Å². The highest BCUT2D eigenvalue weighted by Gasteiger charge is 2.69. The molecule has 0 amide bonds. The molecule has 4 saturated carbocycles. The Kier molecular flexibility index (Phi) is 5.15. The monoisotopic (exact) mass is 456 g/mol. The molecule has 10 unspecified atom stereocenters. The lowest BCUT2D eigenvalue weighted by Gasteiger charge is -2.73. The Morgan fingerprint density at radius 3 is 2.24 bits per heavy atom. The van der Waals surface area contributed by atoms with Gasteiger partial charge in [0.1, 0.15) is 0 Å². The van der Waals surface area contributed by atoms with Crippen LogP contribution in [-0.2, 0) is 4.79 Å². The average Bonchev–Trinajstić information content (AvgIpc) is 2.72. The average molecular weight is 457 g/mol. The van der Waals surface area contributed by atoms with Crippen molar-refractivity contribution in [1.82, 2.24) is 0 Å². The van der Waals surface area contributed by atoms with Crippen LogP contribution >= 0.6 is 0 Å². The molecule has 3 heteroatoms. The van der Waals surface area contributed by atoms with Crippen molar-refractivity contribution in [3.63, 3.8) is 0 Å². The minimum atomic E-state index is -0.701. The maximum Gasteiger partial charge on any atom is 0.331 e. The van der Waals surface area contributed by atoms with Crippen LogP contribution in [0.15, 0.2) is 11.6 Å². The molecule has 0 aliphatic heterocycles. The zero-order valence-corrected chi connectivity index (χ0v) is 22.2. The summed E-state index contributed by atoms with van der Waals surface area (Å²) in [6.45, 7) is 17.1. The number of hydrogen-bond donors (Lipinski definition) is 2. The number of carboxylic acids is 1. The second-order valence-corrected chi connectivity index (χ2v) is 14.7. The van der Waals surface area contributed by atoms with Crippen LogP contribution < -0.4 is 0 Å². The summed E-state index contributed by atoms with van der Waals surface area (Å²) >= 11 is 0.